The number of β-amino-alcohol motifs (C(OH)–C–C–N with tert-alkyl or cyclic N) is 1. The van der Waals surface area contributed by atoms with Crippen molar-refractivity contribution in [2.24, 2.45) is 0 Å². The Bertz CT molecular complexity index is 1160. The Labute approximate surface area is 211 Å². The number of nitrogens with one attached hydrogen (secondary N) is 1. The number of nitrogens with zero attached hydrogens (tertiary/aromatic N) is 5. The minimum Gasteiger partial charge on any atom is -0.493 e. The van der Waals surface area contributed by atoms with Crippen molar-refractivity contribution in [1.82, 2.24) is 24.3 Å². The van der Waals surface area contributed by atoms with Gasteiger partial charge in [0, 0.05) is 63.4 Å². The van der Waals surface area contributed by atoms with Gasteiger partial charge >= 0.3 is 0 Å². The molecule has 0 bridgehead atoms. The summed E-state index contributed by atoms with van der Waals surface area (Å²) in [5.74, 6) is 2.38. The standard InChI is InChI=1S/C25H33ClN6O3/c1-17-11-20(12-22(34-3)23(17)35-4)28-25-27-13-21(26)24(29-25)32-14-18(2)19(16-32)15-31-7-5-30(6-8-31)9-10-33/h11-14,16,33H,5-10,15H2,1-4H3,(H,27,28,29). The molecular weight excluding hydrogens is 468 g/mol. The molecule has 0 aliphatic carbocycles. The Morgan fingerprint density at radius 3 is 2.46 bits per heavy atom. The maximum absolute atomic E-state index is 9.15. The molecule has 188 valence electrons. The van der Waals surface area contributed by atoms with Gasteiger partial charge in [-0.3, -0.25) is 9.80 Å². The molecule has 2 aromatic heterocycles. The number of rotatable bonds is 9. The molecule has 0 radical (unpaired) electrons. The lowest BCUT2D eigenvalue weighted by molar-refractivity contribution is 0.108. The number of methoxy groups -OCH3 is 2. The Morgan fingerprint density at radius 1 is 1.03 bits per heavy atom. The highest BCUT2D eigenvalue weighted by Gasteiger charge is 2.19. The first kappa shape index (κ1) is 25.2. The number of benzene rings is 1. The summed E-state index contributed by atoms with van der Waals surface area (Å²) in [6, 6.07) is 3.80. The Kier molecular flexibility index (Phi) is 8.12. The van der Waals surface area contributed by atoms with E-state index in [0.29, 0.717) is 28.3 Å². The summed E-state index contributed by atoms with van der Waals surface area (Å²) in [4.78, 5) is 13.8. The Morgan fingerprint density at radius 2 is 1.77 bits per heavy atom. The highest BCUT2D eigenvalue weighted by Crippen LogP contribution is 2.35. The predicted molar refractivity (Wildman–Crippen MR) is 137 cm³/mol. The number of ether oxygens (including phenoxy) is 2. The molecule has 1 fully saturated rings. The van der Waals surface area contributed by atoms with Crippen molar-refractivity contribution in [3.63, 3.8) is 0 Å². The zero-order chi connectivity index (χ0) is 24.9. The number of aliphatic hydroxyl groups excluding tert-OH is 1. The molecular formula is C25H33ClN6O3. The lowest BCUT2D eigenvalue weighted by Gasteiger charge is -2.34. The average molecular weight is 501 g/mol. The van der Waals surface area contributed by atoms with Gasteiger partial charge in [-0.25, -0.2) is 4.98 Å². The van der Waals surface area contributed by atoms with E-state index in [1.165, 1.54) is 11.1 Å². The largest absolute Gasteiger partial charge is 0.493 e. The van der Waals surface area contributed by atoms with Crippen molar-refractivity contribution in [1.29, 1.82) is 0 Å². The predicted octanol–water partition coefficient (Wildman–Crippen LogP) is 3.41. The molecule has 3 aromatic rings. The third-order valence-electron chi connectivity index (χ3n) is 6.30. The minimum absolute atomic E-state index is 0.212. The molecule has 2 N–H and O–H groups in total. The average Bonchev–Trinajstić information content (AvgIpc) is 3.21. The first-order valence-corrected chi connectivity index (χ1v) is 12.0. The van der Waals surface area contributed by atoms with Gasteiger partial charge < -0.3 is 24.5 Å². The van der Waals surface area contributed by atoms with Crippen molar-refractivity contribution in [3.8, 4) is 17.3 Å². The van der Waals surface area contributed by atoms with E-state index in [4.69, 9.17) is 31.2 Å². The van der Waals surface area contributed by atoms with E-state index in [2.05, 4.69) is 39.4 Å². The number of anilines is 2. The molecule has 1 aliphatic heterocycles. The summed E-state index contributed by atoms with van der Waals surface area (Å²) < 4.78 is 12.8. The molecule has 1 saturated heterocycles. The summed E-state index contributed by atoms with van der Waals surface area (Å²) >= 11 is 6.50. The van der Waals surface area contributed by atoms with Crippen LogP contribution in [0.5, 0.6) is 11.5 Å². The molecule has 0 amide bonds. The van der Waals surface area contributed by atoms with Crippen LogP contribution in [0.25, 0.3) is 5.82 Å². The SMILES string of the molecule is COc1cc(Nc2ncc(Cl)c(-n3cc(C)c(CN4CCN(CCO)CC4)c3)n2)cc(C)c1OC. The molecule has 0 atom stereocenters. The summed E-state index contributed by atoms with van der Waals surface area (Å²) in [6.45, 7) is 9.80. The highest BCUT2D eigenvalue weighted by atomic mass is 35.5. The molecule has 10 heteroatoms. The van der Waals surface area contributed by atoms with Gasteiger partial charge in [-0.2, -0.15) is 4.98 Å². The molecule has 0 unspecified atom stereocenters. The summed E-state index contributed by atoms with van der Waals surface area (Å²) in [5, 5.41) is 12.9. The number of hydrogen-bond donors (Lipinski definition) is 2. The molecule has 35 heavy (non-hydrogen) atoms. The zero-order valence-corrected chi connectivity index (χ0v) is 21.5. The number of hydrogen-bond acceptors (Lipinski definition) is 8. The van der Waals surface area contributed by atoms with E-state index in [9.17, 15) is 0 Å². The van der Waals surface area contributed by atoms with Gasteiger partial charge in [0.1, 0.15) is 5.02 Å². The maximum Gasteiger partial charge on any atom is 0.229 e. The van der Waals surface area contributed by atoms with Crippen LogP contribution in [0.1, 0.15) is 16.7 Å². The molecule has 3 heterocycles. The molecule has 4 rings (SSSR count). The molecule has 1 aromatic carbocycles. The van der Waals surface area contributed by atoms with E-state index in [1.54, 1.807) is 20.4 Å². The van der Waals surface area contributed by atoms with Gasteiger partial charge in [0.25, 0.3) is 0 Å². The highest BCUT2D eigenvalue weighted by molar-refractivity contribution is 6.32. The quantitative estimate of drug-likeness (QED) is 0.462. The second-order valence-electron chi connectivity index (χ2n) is 8.73. The first-order valence-electron chi connectivity index (χ1n) is 11.7. The van der Waals surface area contributed by atoms with E-state index < -0.39 is 0 Å². The van der Waals surface area contributed by atoms with E-state index in [-0.39, 0.29) is 6.61 Å². The van der Waals surface area contributed by atoms with Crippen LogP contribution in [0.4, 0.5) is 11.6 Å². The summed E-state index contributed by atoms with van der Waals surface area (Å²) in [7, 11) is 3.23. The summed E-state index contributed by atoms with van der Waals surface area (Å²) in [6.07, 6.45) is 5.75. The number of piperazine rings is 1. The molecule has 9 nitrogen and oxygen atoms in total. The van der Waals surface area contributed by atoms with Crippen LogP contribution in [0.2, 0.25) is 5.02 Å². The Balaban J connectivity index is 1.51. The number of aliphatic hydroxyl groups is 1. The fourth-order valence-electron chi connectivity index (χ4n) is 4.40. The monoisotopic (exact) mass is 500 g/mol. The van der Waals surface area contributed by atoms with E-state index >= 15 is 0 Å². The fourth-order valence-corrected chi connectivity index (χ4v) is 4.58. The minimum atomic E-state index is 0.212. The van der Waals surface area contributed by atoms with Crippen LogP contribution in [-0.2, 0) is 6.54 Å². The van der Waals surface area contributed by atoms with Crippen LogP contribution in [0.15, 0.2) is 30.7 Å². The van der Waals surface area contributed by atoms with Crippen molar-refractivity contribution >= 4 is 23.2 Å². The number of aromatic nitrogens is 3. The number of aryl methyl sites for hydroxylation is 2. The maximum atomic E-state index is 9.15. The van der Waals surface area contributed by atoms with Gasteiger partial charge in [-0.05, 0) is 36.6 Å². The summed E-state index contributed by atoms with van der Waals surface area (Å²) in [5.41, 5.74) is 4.15. The van der Waals surface area contributed by atoms with Gasteiger partial charge in [-0.15, -0.1) is 0 Å². The number of halogens is 1. The Hall–Kier alpha value is -2.85. The van der Waals surface area contributed by atoms with Crippen LogP contribution in [0.3, 0.4) is 0 Å². The first-order chi connectivity index (χ1) is 16.9. The van der Waals surface area contributed by atoms with Gasteiger partial charge in [0.05, 0.1) is 27.0 Å². The van der Waals surface area contributed by atoms with E-state index in [1.807, 2.05) is 23.6 Å². The van der Waals surface area contributed by atoms with Crippen molar-refractivity contribution < 1.29 is 14.6 Å². The normalized spacial score (nSPS) is 14.8. The third-order valence-corrected chi connectivity index (χ3v) is 6.57. The van der Waals surface area contributed by atoms with Gasteiger partial charge in [0.15, 0.2) is 17.3 Å². The lowest BCUT2D eigenvalue weighted by Crippen LogP contribution is -2.46. The van der Waals surface area contributed by atoms with Crippen LogP contribution in [0, 0.1) is 13.8 Å². The topological polar surface area (TPSA) is 87.9 Å². The van der Waals surface area contributed by atoms with Gasteiger partial charge in [-0.1, -0.05) is 11.6 Å². The van der Waals surface area contributed by atoms with Crippen LogP contribution >= 0.6 is 11.6 Å². The molecule has 0 spiro atoms. The smallest absolute Gasteiger partial charge is 0.229 e. The molecule has 0 saturated carbocycles. The lowest BCUT2D eigenvalue weighted by atomic mass is 10.2. The van der Waals surface area contributed by atoms with Crippen molar-refractivity contribution in [2.75, 3.05) is 58.9 Å². The zero-order valence-electron chi connectivity index (χ0n) is 20.7. The second kappa shape index (κ2) is 11.3. The van der Waals surface area contributed by atoms with E-state index in [0.717, 1.165) is 50.5 Å². The molecule has 1 aliphatic rings. The van der Waals surface area contributed by atoms with Crippen molar-refractivity contribution in [3.05, 3.63) is 52.4 Å². The second-order valence-corrected chi connectivity index (χ2v) is 9.14. The fraction of sp³-hybridized carbons (Fsp3) is 0.440. The third kappa shape index (κ3) is 5.87. The van der Waals surface area contributed by atoms with Gasteiger partial charge in [0.2, 0.25) is 5.95 Å². The van der Waals surface area contributed by atoms with Crippen LogP contribution < -0.4 is 14.8 Å². The van der Waals surface area contributed by atoms with Crippen LogP contribution in [-0.4, -0.2) is 83.0 Å². The van der Waals surface area contributed by atoms with Crippen molar-refractivity contribution in [2.45, 2.75) is 20.4 Å².